The molecular formula is C45H52F3N11O6. The number of fused-ring (bicyclic) bond motifs is 2. The number of halogens is 3. The molecule has 0 unspecified atom stereocenters. The fourth-order valence-electron chi connectivity index (χ4n) is 9.66. The van der Waals surface area contributed by atoms with E-state index in [-0.39, 0.29) is 54.8 Å². The van der Waals surface area contributed by atoms with Gasteiger partial charge in [0.25, 0.3) is 12.3 Å². The number of methoxy groups -OCH3 is 1. The first-order chi connectivity index (χ1) is 31.5. The number of rotatable bonds is 12. The highest BCUT2D eigenvalue weighted by Gasteiger charge is 2.34. The van der Waals surface area contributed by atoms with E-state index in [1.54, 1.807) is 35.8 Å². The van der Waals surface area contributed by atoms with Crippen molar-refractivity contribution in [3.05, 3.63) is 65.4 Å². The van der Waals surface area contributed by atoms with Crippen molar-refractivity contribution in [1.82, 2.24) is 44.4 Å². The Morgan fingerprint density at radius 2 is 1.92 bits per heavy atom. The molecule has 1 saturated carbocycles. The van der Waals surface area contributed by atoms with E-state index in [0.29, 0.717) is 87.2 Å². The highest BCUT2D eigenvalue weighted by molar-refractivity contribution is 6.08. The first-order valence-corrected chi connectivity index (χ1v) is 22.2. The normalized spacial score (nSPS) is 24.4. The molecule has 3 amide bonds. The molecule has 4 aromatic heterocycles. The summed E-state index contributed by atoms with van der Waals surface area (Å²) in [5.41, 5.74) is 1.97. The Morgan fingerprint density at radius 1 is 1.08 bits per heavy atom. The van der Waals surface area contributed by atoms with Gasteiger partial charge in [0.1, 0.15) is 24.2 Å². The number of benzene rings is 1. The second kappa shape index (κ2) is 19.3. The summed E-state index contributed by atoms with van der Waals surface area (Å²) in [6, 6.07) is 7.29. The number of aromatic nitrogens is 7. The van der Waals surface area contributed by atoms with E-state index in [4.69, 9.17) is 19.2 Å². The summed E-state index contributed by atoms with van der Waals surface area (Å²) in [7, 11) is 3.41. The number of para-hydroxylation sites is 1. The standard InChI is InChI=1S/C45H52F3N11O6/c1-55-41-28(5-3-7-31(41)39(53-55)32-12-13-38(60)52-44(32)61)6-4-19-65-36-14-16-56(24-34(36)46)22-27-8-10-29(11-9-27)59-25-35(40(54-59)42(47)48)50-45(62)33-21-49-58-17-15-37(51-43(33)58)57-18-20-64-30(23-57)26-63-2/h3,5,7,15,17,21,25,27,29-30,32,34,36,42H,8-14,16,18-20,22-24,26H2,1-2H3,(H,50,62)(H,52,60,61)/t27?,29?,30-,32-,34-,36+/m1/s1. The number of ether oxygens (including phenoxy) is 3. The van der Waals surface area contributed by atoms with E-state index in [9.17, 15) is 23.2 Å². The Bertz CT molecular complexity index is 2610. The number of imide groups is 1. The maximum atomic E-state index is 15.5. The smallest absolute Gasteiger partial charge is 0.284 e. The summed E-state index contributed by atoms with van der Waals surface area (Å²) in [6.07, 6.45) is 4.01. The molecule has 4 fully saturated rings. The van der Waals surface area contributed by atoms with Crippen molar-refractivity contribution < 1.29 is 41.8 Å². The number of hydrogen-bond acceptors (Lipinski definition) is 12. The average Bonchev–Trinajstić information content (AvgIpc) is 4.02. The third-order valence-corrected chi connectivity index (χ3v) is 13.0. The van der Waals surface area contributed by atoms with E-state index in [2.05, 4.69) is 42.7 Å². The van der Waals surface area contributed by atoms with Gasteiger partial charge in [-0.3, -0.25) is 34.0 Å². The predicted molar refractivity (Wildman–Crippen MR) is 231 cm³/mol. The average molecular weight is 900 g/mol. The minimum atomic E-state index is -2.91. The largest absolute Gasteiger partial charge is 0.382 e. The molecule has 17 nitrogen and oxygen atoms in total. The zero-order valence-electron chi connectivity index (χ0n) is 36.3. The molecule has 65 heavy (non-hydrogen) atoms. The van der Waals surface area contributed by atoms with Crippen molar-refractivity contribution in [2.24, 2.45) is 13.0 Å². The fourth-order valence-corrected chi connectivity index (χ4v) is 9.66. The first-order valence-electron chi connectivity index (χ1n) is 22.2. The summed E-state index contributed by atoms with van der Waals surface area (Å²) < 4.78 is 65.8. The number of nitrogens with zero attached hydrogens (tertiary/aromatic N) is 9. The van der Waals surface area contributed by atoms with E-state index in [1.807, 2.05) is 23.1 Å². The molecule has 20 heteroatoms. The number of amides is 3. The van der Waals surface area contributed by atoms with Gasteiger partial charge in [-0.15, -0.1) is 0 Å². The van der Waals surface area contributed by atoms with Crippen LogP contribution < -0.4 is 15.5 Å². The molecule has 4 aliphatic rings. The van der Waals surface area contributed by atoms with E-state index in [1.165, 1.54) is 16.9 Å². The van der Waals surface area contributed by atoms with Crippen LogP contribution in [0.5, 0.6) is 0 Å². The Morgan fingerprint density at radius 3 is 2.71 bits per heavy atom. The second-order valence-corrected chi connectivity index (χ2v) is 17.3. The second-order valence-electron chi connectivity index (χ2n) is 17.3. The number of nitrogens with one attached hydrogen (secondary N) is 2. The number of carbonyl (C=O) groups excluding carboxylic acids is 3. The van der Waals surface area contributed by atoms with Crippen LogP contribution in [0.4, 0.5) is 24.7 Å². The summed E-state index contributed by atoms with van der Waals surface area (Å²) in [5.74, 6) is 5.36. The molecule has 7 heterocycles. The third kappa shape index (κ3) is 9.60. The van der Waals surface area contributed by atoms with Crippen LogP contribution in [-0.4, -0.2) is 135 Å². The van der Waals surface area contributed by atoms with Gasteiger partial charge in [0.05, 0.1) is 66.0 Å². The zero-order chi connectivity index (χ0) is 45.2. The molecule has 0 spiro atoms. The van der Waals surface area contributed by atoms with Gasteiger partial charge in [0, 0.05) is 71.1 Å². The number of alkyl halides is 3. The number of piperidine rings is 2. The van der Waals surface area contributed by atoms with Gasteiger partial charge in [-0.2, -0.15) is 15.3 Å². The number of morpholine rings is 1. The Hall–Kier alpha value is -5.88. The van der Waals surface area contributed by atoms with Crippen molar-refractivity contribution in [3.8, 4) is 11.8 Å². The molecule has 3 aliphatic heterocycles. The lowest BCUT2D eigenvalue weighted by Crippen LogP contribution is -2.47. The van der Waals surface area contributed by atoms with Crippen LogP contribution in [0.25, 0.3) is 16.6 Å². The van der Waals surface area contributed by atoms with Gasteiger partial charge in [0.2, 0.25) is 11.8 Å². The lowest BCUT2D eigenvalue weighted by molar-refractivity contribution is -0.134. The molecule has 9 rings (SSSR count). The summed E-state index contributed by atoms with van der Waals surface area (Å²) in [5, 5.41) is 19.0. The zero-order valence-corrected chi connectivity index (χ0v) is 36.3. The number of anilines is 2. The maximum absolute atomic E-state index is 15.5. The van der Waals surface area contributed by atoms with Crippen LogP contribution in [0.1, 0.15) is 90.6 Å². The summed E-state index contributed by atoms with van der Waals surface area (Å²) in [4.78, 5) is 46.7. The fraction of sp³-hybridized carbons (Fsp3) is 0.533. The molecule has 2 N–H and O–H groups in total. The molecule has 3 saturated heterocycles. The molecule has 1 aromatic carbocycles. The molecule has 5 aromatic rings. The van der Waals surface area contributed by atoms with Crippen molar-refractivity contribution in [1.29, 1.82) is 0 Å². The van der Waals surface area contributed by atoms with E-state index >= 15 is 4.39 Å². The lowest BCUT2D eigenvalue weighted by atomic mass is 9.85. The van der Waals surface area contributed by atoms with E-state index in [0.717, 1.165) is 30.3 Å². The first kappa shape index (κ1) is 44.3. The van der Waals surface area contributed by atoms with E-state index < -0.39 is 36.2 Å². The van der Waals surface area contributed by atoms with Gasteiger partial charge in [-0.25, -0.2) is 22.7 Å². The van der Waals surface area contributed by atoms with Crippen LogP contribution in [0, 0.1) is 17.8 Å². The van der Waals surface area contributed by atoms with Crippen molar-refractivity contribution in [2.45, 2.75) is 81.7 Å². The van der Waals surface area contributed by atoms with Gasteiger partial charge >= 0.3 is 0 Å². The third-order valence-electron chi connectivity index (χ3n) is 13.0. The van der Waals surface area contributed by atoms with Gasteiger partial charge in [-0.05, 0) is 56.6 Å². The molecule has 344 valence electrons. The van der Waals surface area contributed by atoms with Crippen LogP contribution in [0.2, 0.25) is 0 Å². The Labute approximate surface area is 372 Å². The highest BCUT2D eigenvalue weighted by atomic mass is 19.3. The van der Waals surface area contributed by atoms with Crippen LogP contribution >= 0.6 is 0 Å². The molecule has 1 aliphatic carbocycles. The molecular weight excluding hydrogens is 848 g/mol. The molecule has 0 bridgehead atoms. The number of aryl methyl sites for hydroxylation is 1. The van der Waals surface area contributed by atoms with Gasteiger partial charge < -0.3 is 24.4 Å². The van der Waals surface area contributed by atoms with Crippen LogP contribution in [-0.2, 0) is 30.8 Å². The highest BCUT2D eigenvalue weighted by Crippen LogP contribution is 2.36. The predicted octanol–water partition coefficient (Wildman–Crippen LogP) is 4.59. The van der Waals surface area contributed by atoms with Gasteiger partial charge in [0.15, 0.2) is 11.3 Å². The van der Waals surface area contributed by atoms with Crippen molar-refractivity contribution >= 4 is 45.8 Å². The lowest BCUT2D eigenvalue weighted by Gasteiger charge is -2.38. The number of carbonyl (C=O) groups is 3. The summed E-state index contributed by atoms with van der Waals surface area (Å²) >= 11 is 0. The minimum absolute atomic E-state index is 0.0554. The SMILES string of the molecule is COC[C@H]1CN(c2ccn3ncc(C(=O)Nc4cn(C5CCC(CN6CC[C@H](OCC#Cc7cccc8c([C@H]9CCC(=O)NC9=O)nn(C)c78)[C@H](F)C6)CC5)nc4C(F)F)c3n2)CCO1. The monoisotopic (exact) mass is 899 g/mol. The quantitative estimate of drug-likeness (QED) is 0.132. The number of likely N-dealkylation sites (tertiary alicyclic amines) is 1. The van der Waals surface area contributed by atoms with Gasteiger partial charge in [-0.1, -0.05) is 24.0 Å². The Kier molecular flexibility index (Phi) is 13.2. The molecule has 4 atom stereocenters. The minimum Gasteiger partial charge on any atom is -0.382 e. The van der Waals surface area contributed by atoms with Crippen molar-refractivity contribution in [3.63, 3.8) is 0 Å². The number of hydrogen-bond donors (Lipinski definition) is 2. The van der Waals surface area contributed by atoms with Crippen molar-refractivity contribution in [2.75, 3.05) is 69.9 Å². The Balaban J connectivity index is 0.755. The van der Waals surface area contributed by atoms with Crippen LogP contribution in [0.15, 0.2) is 42.9 Å². The molecule has 0 radical (unpaired) electrons. The topological polar surface area (TPSA) is 175 Å². The maximum Gasteiger partial charge on any atom is 0.284 e. The van der Waals surface area contributed by atoms with Crippen LogP contribution in [0.3, 0.4) is 0 Å². The summed E-state index contributed by atoms with van der Waals surface area (Å²) in [6.45, 7) is 3.82.